The maximum atomic E-state index is 13.1. The Morgan fingerprint density at radius 1 is 1.18 bits per heavy atom. The van der Waals surface area contributed by atoms with Crippen LogP contribution in [0.5, 0.6) is 11.5 Å². The number of halogens is 1. The van der Waals surface area contributed by atoms with Crippen molar-refractivity contribution in [1.29, 1.82) is 0 Å². The maximum Gasteiger partial charge on any atom is 0.311 e. The first-order chi connectivity index (χ1) is 15.4. The zero-order valence-corrected chi connectivity index (χ0v) is 20.8. The summed E-state index contributed by atoms with van der Waals surface area (Å²) in [6.07, 6.45) is 0. The van der Waals surface area contributed by atoms with Crippen molar-refractivity contribution in [3.05, 3.63) is 62.6 Å². The topological polar surface area (TPSA) is 111 Å². The number of amides is 2. The first kappa shape index (κ1) is 26.1. The van der Waals surface area contributed by atoms with Crippen LogP contribution >= 0.6 is 15.9 Å². The van der Waals surface area contributed by atoms with E-state index in [0.29, 0.717) is 0 Å². The largest absolute Gasteiger partial charge is 0.490 e. The summed E-state index contributed by atoms with van der Waals surface area (Å²) < 4.78 is 11.5. The van der Waals surface area contributed by atoms with Crippen LogP contribution in [0.25, 0.3) is 0 Å². The molecule has 33 heavy (non-hydrogen) atoms. The van der Waals surface area contributed by atoms with Crippen LogP contribution < -0.4 is 14.8 Å². The minimum Gasteiger partial charge on any atom is -0.490 e. The lowest BCUT2D eigenvalue weighted by molar-refractivity contribution is -0.385. The van der Waals surface area contributed by atoms with Gasteiger partial charge >= 0.3 is 5.69 Å². The van der Waals surface area contributed by atoms with Crippen LogP contribution in [-0.2, 0) is 16.1 Å². The van der Waals surface area contributed by atoms with Crippen molar-refractivity contribution in [2.75, 3.05) is 13.7 Å². The first-order valence-corrected chi connectivity index (χ1v) is 11.0. The Morgan fingerprint density at radius 3 is 2.36 bits per heavy atom. The average Bonchev–Trinajstić information content (AvgIpc) is 2.75. The van der Waals surface area contributed by atoms with E-state index in [0.717, 1.165) is 10.0 Å². The molecule has 2 aromatic carbocycles. The SMILES string of the molecule is COc1cc(OCC(=O)N(Cc2ccc(Br)cc2)[C@H](C)C(=O)NC(C)(C)C)ccc1[N+](=O)[O-]. The summed E-state index contributed by atoms with van der Waals surface area (Å²) in [5, 5.41) is 14.0. The highest BCUT2D eigenvalue weighted by Gasteiger charge is 2.29. The van der Waals surface area contributed by atoms with Crippen molar-refractivity contribution in [2.45, 2.75) is 45.8 Å². The Kier molecular flexibility index (Phi) is 8.81. The molecule has 1 atom stereocenters. The molecule has 0 saturated heterocycles. The van der Waals surface area contributed by atoms with Gasteiger partial charge in [0.2, 0.25) is 11.7 Å². The number of rotatable bonds is 9. The van der Waals surface area contributed by atoms with E-state index in [1.165, 1.54) is 30.2 Å². The lowest BCUT2D eigenvalue weighted by atomic mass is 10.1. The molecule has 1 N–H and O–H groups in total. The van der Waals surface area contributed by atoms with Crippen molar-refractivity contribution in [3.63, 3.8) is 0 Å². The van der Waals surface area contributed by atoms with Crippen molar-refractivity contribution >= 4 is 33.4 Å². The molecule has 178 valence electrons. The third-order valence-corrected chi connectivity index (χ3v) is 5.17. The number of hydrogen-bond acceptors (Lipinski definition) is 6. The van der Waals surface area contributed by atoms with Crippen molar-refractivity contribution in [2.24, 2.45) is 0 Å². The van der Waals surface area contributed by atoms with E-state index in [1.54, 1.807) is 6.92 Å². The molecule has 0 saturated carbocycles. The van der Waals surface area contributed by atoms with Crippen molar-refractivity contribution < 1.29 is 24.0 Å². The average molecular weight is 522 g/mol. The fourth-order valence-corrected chi connectivity index (χ4v) is 3.23. The standard InChI is InChI=1S/C23H28BrN3O6/c1-15(22(29)25-23(2,3)4)26(13-16-6-8-17(24)9-7-16)21(28)14-33-18-10-11-19(27(30)31)20(12-18)32-5/h6-12,15H,13-14H2,1-5H3,(H,25,29)/t15-/m1/s1. The molecule has 0 aliphatic rings. The molecule has 0 bridgehead atoms. The quantitative estimate of drug-likeness (QED) is 0.393. The minimum absolute atomic E-state index is 0.0228. The predicted octanol–water partition coefficient (Wildman–Crippen LogP) is 4.08. The predicted molar refractivity (Wildman–Crippen MR) is 127 cm³/mol. The molecule has 9 nitrogen and oxygen atoms in total. The van der Waals surface area contributed by atoms with Gasteiger partial charge in [0.05, 0.1) is 12.0 Å². The van der Waals surface area contributed by atoms with Gasteiger partial charge in [-0.05, 0) is 51.5 Å². The molecule has 0 aliphatic carbocycles. The van der Waals surface area contributed by atoms with E-state index in [9.17, 15) is 19.7 Å². The van der Waals surface area contributed by atoms with Crippen LogP contribution in [0.2, 0.25) is 0 Å². The number of methoxy groups -OCH3 is 1. The van der Waals surface area contributed by atoms with Gasteiger partial charge in [-0.1, -0.05) is 28.1 Å². The van der Waals surface area contributed by atoms with Crippen LogP contribution in [0.4, 0.5) is 5.69 Å². The molecule has 0 aliphatic heterocycles. The summed E-state index contributed by atoms with van der Waals surface area (Å²) in [5.74, 6) is -0.437. The van der Waals surface area contributed by atoms with Gasteiger partial charge in [0.15, 0.2) is 6.61 Å². The number of nitro groups is 1. The van der Waals surface area contributed by atoms with Crippen LogP contribution in [0.1, 0.15) is 33.3 Å². The highest BCUT2D eigenvalue weighted by atomic mass is 79.9. The third-order valence-electron chi connectivity index (χ3n) is 4.64. The van der Waals surface area contributed by atoms with Gasteiger partial charge < -0.3 is 19.7 Å². The normalized spacial score (nSPS) is 11.9. The smallest absolute Gasteiger partial charge is 0.311 e. The van der Waals surface area contributed by atoms with E-state index >= 15 is 0 Å². The fraction of sp³-hybridized carbons (Fsp3) is 0.391. The Hall–Kier alpha value is -3.14. The Bertz CT molecular complexity index is 1000. The maximum absolute atomic E-state index is 13.1. The van der Waals surface area contributed by atoms with E-state index in [4.69, 9.17) is 9.47 Å². The van der Waals surface area contributed by atoms with Crippen LogP contribution in [0, 0.1) is 10.1 Å². The van der Waals surface area contributed by atoms with Gasteiger partial charge in [-0.15, -0.1) is 0 Å². The fourth-order valence-electron chi connectivity index (χ4n) is 2.97. The summed E-state index contributed by atoms with van der Waals surface area (Å²) in [4.78, 5) is 37.8. The number of benzene rings is 2. The summed E-state index contributed by atoms with van der Waals surface area (Å²) in [6, 6.07) is 10.7. The van der Waals surface area contributed by atoms with Gasteiger partial charge in [-0.3, -0.25) is 19.7 Å². The van der Waals surface area contributed by atoms with E-state index in [-0.39, 0.29) is 36.2 Å². The first-order valence-electron chi connectivity index (χ1n) is 10.2. The summed E-state index contributed by atoms with van der Waals surface area (Å²) >= 11 is 3.39. The lowest BCUT2D eigenvalue weighted by Crippen LogP contribution is -2.53. The summed E-state index contributed by atoms with van der Waals surface area (Å²) in [5.41, 5.74) is 0.184. The highest BCUT2D eigenvalue weighted by Crippen LogP contribution is 2.30. The van der Waals surface area contributed by atoms with Crippen molar-refractivity contribution in [1.82, 2.24) is 10.2 Å². The van der Waals surface area contributed by atoms with Gasteiger partial charge in [-0.2, -0.15) is 0 Å². The van der Waals surface area contributed by atoms with Crippen LogP contribution in [0.3, 0.4) is 0 Å². The van der Waals surface area contributed by atoms with Gasteiger partial charge in [0, 0.05) is 28.7 Å². The molecular formula is C23H28BrN3O6. The van der Waals surface area contributed by atoms with E-state index < -0.39 is 22.4 Å². The zero-order valence-electron chi connectivity index (χ0n) is 19.3. The van der Waals surface area contributed by atoms with Crippen LogP contribution in [0.15, 0.2) is 46.9 Å². The molecule has 10 heteroatoms. The minimum atomic E-state index is -0.754. The number of carbonyl (C=O) groups is 2. The van der Waals surface area contributed by atoms with Gasteiger partial charge in [-0.25, -0.2) is 0 Å². The summed E-state index contributed by atoms with van der Waals surface area (Å²) in [6.45, 7) is 7.10. The second-order valence-corrected chi connectivity index (χ2v) is 9.36. The Morgan fingerprint density at radius 2 is 1.82 bits per heavy atom. The Balaban J connectivity index is 2.21. The lowest BCUT2D eigenvalue weighted by Gasteiger charge is -2.31. The second kappa shape index (κ2) is 11.1. The molecule has 0 spiro atoms. The molecule has 0 unspecified atom stereocenters. The molecule has 0 radical (unpaired) electrons. The molecule has 0 aromatic heterocycles. The number of nitrogens with one attached hydrogen (secondary N) is 1. The molecule has 2 amide bonds. The number of nitro benzene ring substituents is 1. The number of ether oxygens (including phenoxy) is 2. The zero-order chi connectivity index (χ0) is 24.8. The van der Waals surface area contributed by atoms with Gasteiger partial charge in [0.1, 0.15) is 11.8 Å². The van der Waals surface area contributed by atoms with Crippen LogP contribution in [-0.4, -0.2) is 46.9 Å². The molecule has 2 aromatic rings. The van der Waals surface area contributed by atoms with E-state index in [1.807, 2.05) is 45.0 Å². The van der Waals surface area contributed by atoms with Gasteiger partial charge in [0.25, 0.3) is 5.91 Å². The van der Waals surface area contributed by atoms with Crippen molar-refractivity contribution in [3.8, 4) is 11.5 Å². The molecule has 0 fully saturated rings. The second-order valence-electron chi connectivity index (χ2n) is 8.44. The summed E-state index contributed by atoms with van der Waals surface area (Å²) in [7, 11) is 1.31. The monoisotopic (exact) mass is 521 g/mol. The number of carbonyl (C=O) groups excluding carboxylic acids is 2. The van der Waals surface area contributed by atoms with E-state index in [2.05, 4.69) is 21.2 Å². The molecule has 2 rings (SSSR count). The third kappa shape index (κ3) is 7.74. The molecular weight excluding hydrogens is 494 g/mol. The highest BCUT2D eigenvalue weighted by molar-refractivity contribution is 9.10. The molecule has 0 heterocycles. The number of nitrogens with zero attached hydrogens (tertiary/aromatic N) is 2. The Labute approximate surface area is 201 Å². The number of hydrogen-bond donors (Lipinski definition) is 1.